The minimum Gasteiger partial charge on any atom is -0.478 e. The van der Waals surface area contributed by atoms with Gasteiger partial charge in [0.2, 0.25) is 0 Å². The lowest BCUT2D eigenvalue weighted by atomic mass is 10.2. The molecule has 0 aliphatic carbocycles. The molecule has 0 spiro atoms. The van der Waals surface area contributed by atoms with Crippen molar-refractivity contribution >= 4 is 31.7 Å². The van der Waals surface area contributed by atoms with Crippen LogP contribution >= 0.6 is 15.9 Å². The van der Waals surface area contributed by atoms with E-state index in [1.165, 1.54) is 12.1 Å². The number of carbonyl (C=O) groups is 1. The molecule has 0 fully saturated rings. The fourth-order valence-corrected chi connectivity index (χ4v) is 3.54. The lowest BCUT2D eigenvalue weighted by molar-refractivity contribution is 0.0696. The molecule has 19 heavy (non-hydrogen) atoms. The minimum absolute atomic E-state index is 0.0614. The summed E-state index contributed by atoms with van der Waals surface area (Å²) in [4.78, 5) is 10.7. The molecule has 0 aliphatic rings. The highest BCUT2D eigenvalue weighted by Crippen LogP contribution is 2.24. The number of benzene rings is 1. The van der Waals surface area contributed by atoms with E-state index in [0.717, 1.165) is 6.07 Å². The van der Waals surface area contributed by atoms with E-state index in [-0.39, 0.29) is 36.0 Å². The van der Waals surface area contributed by atoms with E-state index in [9.17, 15) is 13.2 Å². The average Bonchev–Trinajstić information content (AvgIpc) is 2.34. The summed E-state index contributed by atoms with van der Waals surface area (Å²) < 4.78 is 29.3. The number of ether oxygens (including phenoxy) is 1. The van der Waals surface area contributed by atoms with Crippen molar-refractivity contribution in [3.8, 4) is 0 Å². The van der Waals surface area contributed by atoms with Gasteiger partial charge in [0.1, 0.15) is 0 Å². The molecule has 106 valence electrons. The standard InChI is InChI=1S/C11H13BrO6S/c12-9-2-1-8(11(14)15)7-10(9)19(16,17)6-5-18-4-3-13/h1-2,7,13H,3-6H2,(H,14,15). The molecule has 0 bridgehead atoms. The van der Waals surface area contributed by atoms with Crippen molar-refractivity contribution in [3.05, 3.63) is 28.2 Å². The van der Waals surface area contributed by atoms with Gasteiger partial charge in [-0.25, -0.2) is 13.2 Å². The number of carboxylic acids is 1. The summed E-state index contributed by atoms with van der Waals surface area (Å²) in [5, 5.41) is 17.4. The van der Waals surface area contributed by atoms with Crippen molar-refractivity contribution in [2.24, 2.45) is 0 Å². The molecule has 0 amide bonds. The molecule has 0 atom stereocenters. The number of hydrogen-bond acceptors (Lipinski definition) is 5. The minimum atomic E-state index is -3.64. The van der Waals surface area contributed by atoms with Crippen LogP contribution in [0, 0.1) is 0 Å². The van der Waals surface area contributed by atoms with E-state index in [1.54, 1.807) is 0 Å². The Hall–Kier alpha value is -0.960. The van der Waals surface area contributed by atoms with E-state index in [4.69, 9.17) is 14.9 Å². The Labute approximate surface area is 119 Å². The van der Waals surface area contributed by atoms with Crippen LogP contribution in [0.3, 0.4) is 0 Å². The number of aromatic carboxylic acids is 1. The van der Waals surface area contributed by atoms with Crippen LogP contribution in [0.2, 0.25) is 0 Å². The maximum atomic E-state index is 12.0. The Morgan fingerprint density at radius 2 is 2.00 bits per heavy atom. The molecule has 8 heteroatoms. The van der Waals surface area contributed by atoms with Crippen molar-refractivity contribution in [3.63, 3.8) is 0 Å². The molecule has 2 N–H and O–H groups in total. The van der Waals surface area contributed by atoms with Crippen LogP contribution in [0.15, 0.2) is 27.6 Å². The van der Waals surface area contributed by atoms with Gasteiger partial charge in [-0.1, -0.05) is 0 Å². The van der Waals surface area contributed by atoms with Gasteiger partial charge in [-0.05, 0) is 34.1 Å². The van der Waals surface area contributed by atoms with E-state index >= 15 is 0 Å². The summed E-state index contributed by atoms with van der Waals surface area (Å²) in [7, 11) is -3.64. The van der Waals surface area contributed by atoms with Crippen LogP contribution < -0.4 is 0 Å². The largest absolute Gasteiger partial charge is 0.478 e. The summed E-state index contributed by atoms with van der Waals surface area (Å²) >= 11 is 3.09. The summed E-state index contributed by atoms with van der Waals surface area (Å²) in [6, 6.07) is 3.80. The normalized spacial score (nSPS) is 11.5. The lowest BCUT2D eigenvalue weighted by Gasteiger charge is -2.08. The Morgan fingerprint density at radius 3 is 2.58 bits per heavy atom. The molecule has 0 aromatic heterocycles. The first-order chi connectivity index (χ1) is 8.88. The number of halogens is 1. The predicted octanol–water partition coefficient (Wildman–Crippen LogP) is 0.930. The van der Waals surface area contributed by atoms with E-state index in [2.05, 4.69) is 15.9 Å². The van der Waals surface area contributed by atoms with Gasteiger partial charge in [-0.2, -0.15) is 0 Å². The van der Waals surface area contributed by atoms with Crippen LogP contribution in [-0.2, 0) is 14.6 Å². The highest BCUT2D eigenvalue weighted by atomic mass is 79.9. The monoisotopic (exact) mass is 352 g/mol. The second-order valence-corrected chi connectivity index (χ2v) is 6.54. The van der Waals surface area contributed by atoms with Gasteiger partial charge in [-0.3, -0.25) is 0 Å². The van der Waals surface area contributed by atoms with Crippen molar-refractivity contribution in [2.75, 3.05) is 25.6 Å². The molecule has 0 saturated carbocycles. The Kier molecular flexibility index (Phi) is 5.92. The zero-order valence-electron chi connectivity index (χ0n) is 9.87. The van der Waals surface area contributed by atoms with E-state index < -0.39 is 15.8 Å². The van der Waals surface area contributed by atoms with Crippen molar-refractivity contribution in [1.29, 1.82) is 0 Å². The molecule has 6 nitrogen and oxygen atoms in total. The molecule has 1 rings (SSSR count). The van der Waals surface area contributed by atoms with Gasteiger partial charge in [0.15, 0.2) is 9.84 Å². The highest BCUT2D eigenvalue weighted by Gasteiger charge is 2.19. The molecule has 0 aliphatic heterocycles. The Balaban J connectivity index is 2.94. The molecule has 0 heterocycles. The van der Waals surface area contributed by atoms with Gasteiger partial charge in [0, 0.05) is 4.47 Å². The number of aliphatic hydroxyl groups is 1. The third kappa shape index (κ3) is 4.57. The van der Waals surface area contributed by atoms with Gasteiger partial charge in [0.25, 0.3) is 0 Å². The first kappa shape index (κ1) is 16.1. The predicted molar refractivity (Wildman–Crippen MR) is 71.1 cm³/mol. The van der Waals surface area contributed by atoms with Crippen molar-refractivity contribution in [1.82, 2.24) is 0 Å². The Bertz CT molecular complexity index is 554. The zero-order chi connectivity index (χ0) is 14.5. The maximum Gasteiger partial charge on any atom is 0.335 e. The van der Waals surface area contributed by atoms with Crippen LogP contribution in [0.5, 0.6) is 0 Å². The maximum absolute atomic E-state index is 12.0. The number of hydrogen-bond donors (Lipinski definition) is 2. The number of carboxylic acid groups (broad SMARTS) is 1. The van der Waals surface area contributed by atoms with Gasteiger partial charge in [0.05, 0.1) is 36.0 Å². The van der Waals surface area contributed by atoms with Crippen molar-refractivity contribution in [2.45, 2.75) is 4.90 Å². The number of rotatable bonds is 7. The van der Waals surface area contributed by atoms with Gasteiger partial charge < -0.3 is 14.9 Å². The Morgan fingerprint density at radius 1 is 1.32 bits per heavy atom. The number of sulfone groups is 1. The fourth-order valence-electron chi connectivity index (χ4n) is 1.32. The highest BCUT2D eigenvalue weighted by molar-refractivity contribution is 9.10. The average molecular weight is 353 g/mol. The van der Waals surface area contributed by atoms with Crippen LogP contribution in [0.25, 0.3) is 0 Å². The second kappa shape index (κ2) is 6.99. The fraction of sp³-hybridized carbons (Fsp3) is 0.364. The molecule has 0 unspecified atom stereocenters. The van der Waals surface area contributed by atoms with Crippen LogP contribution in [0.1, 0.15) is 10.4 Å². The molecule has 0 radical (unpaired) electrons. The molecule has 1 aromatic carbocycles. The third-order valence-corrected chi connectivity index (χ3v) is 4.91. The van der Waals surface area contributed by atoms with Crippen LogP contribution in [-0.4, -0.2) is 50.2 Å². The second-order valence-electron chi connectivity index (χ2n) is 3.61. The molecular weight excluding hydrogens is 340 g/mol. The summed E-state index contributed by atoms with van der Waals surface area (Å²) in [5.41, 5.74) is -0.0990. The SMILES string of the molecule is O=C(O)c1ccc(Br)c(S(=O)(=O)CCOCCO)c1. The quantitative estimate of drug-likeness (QED) is 0.708. The molecule has 1 aromatic rings. The smallest absolute Gasteiger partial charge is 0.335 e. The number of aliphatic hydroxyl groups excluding tert-OH is 1. The van der Waals surface area contributed by atoms with Crippen LogP contribution in [0.4, 0.5) is 0 Å². The summed E-state index contributed by atoms with van der Waals surface area (Å²) in [5.74, 6) is -1.48. The first-order valence-corrected chi connectivity index (χ1v) is 7.77. The topological polar surface area (TPSA) is 101 Å². The zero-order valence-corrected chi connectivity index (χ0v) is 12.3. The van der Waals surface area contributed by atoms with E-state index in [1.807, 2.05) is 0 Å². The van der Waals surface area contributed by atoms with Gasteiger partial charge >= 0.3 is 5.97 Å². The first-order valence-electron chi connectivity index (χ1n) is 5.32. The summed E-state index contributed by atoms with van der Waals surface area (Å²) in [6.07, 6.45) is 0. The summed E-state index contributed by atoms with van der Waals surface area (Å²) in [6.45, 7) is -0.184. The molecular formula is C11H13BrO6S. The molecule has 0 saturated heterocycles. The lowest BCUT2D eigenvalue weighted by Crippen LogP contribution is -2.15. The van der Waals surface area contributed by atoms with Gasteiger partial charge in [-0.15, -0.1) is 0 Å². The third-order valence-electron chi connectivity index (χ3n) is 2.25. The van der Waals surface area contributed by atoms with E-state index in [0.29, 0.717) is 4.47 Å². The van der Waals surface area contributed by atoms with Crippen molar-refractivity contribution < 1.29 is 28.2 Å².